The summed E-state index contributed by atoms with van der Waals surface area (Å²) < 4.78 is 5.81. The van der Waals surface area contributed by atoms with Gasteiger partial charge in [-0.05, 0) is 46.3 Å². The Labute approximate surface area is 118 Å². The van der Waals surface area contributed by atoms with Crippen LogP contribution in [0.2, 0.25) is 0 Å². The summed E-state index contributed by atoms with van der Waals surface area (Å²) in [6.45, 7) is 3.05. The van der Waals surface area contributed by atoms with Crippen LogP contribution >= 0.6 is 0 Å². The topological polar surface area (TPSA) is 41.7 Å². The van der Waals surface area contributed by atoms with Crippen LogP contribution < -0.4 is 5.73 Å². The standard InChI is InChI=1S/C15H31N3O/c1-17(2)13-7-6-10-18(11-13)15(12-16)9-5-4-8-14(15)19-3/h13-14H,4-12,16H2,1-3H3. The van der Waals surface area contributed by atoms with Gasteiger partial charge in [-0.15, -0.1) is 0 Å². The zero-order chi connectivity index (χ0) is 13.9. The third-order valence-corrected chi connectivity index (χ3v) is 5.32. The highest BCUT2D eigenvalue weighted by Gasteiger charge is 2.46. The van der Waals surface area contributed by atoms with E-state index in [0.717, 1.165) is 19.5 Å². The van der Waals surface area contributed by atoms with Crippen molar-refractivity contribution in [3.05, 3.63) is 0 Å². The number of likely N-dealkylation sites (N-methyl/N-ethyl adjacent to an activating group) is 1. The van der Waals surface area contributed by atoms with Crippen LogP contribution in [0, 0.1) is 0 Å². The number of nitrogens with two attached hydrogens (primary N) is 1. The van der Waals surface area contributed by atoms with E-state index in [2.05, 4.69) is 23.9 Å². The van der Waals surface area contributed by atoms with Crippen LogP contribution in [0.5, 0.6) is 0 Å². The predicted octanol–water partition coefficient (Wildman–Crippen LogP) is 1.30. The molecule has 1 heterocycles. The lowest BCUT2D eigenvalue weighted by molar-refractivity contribution is -0.0897. The maximum absolute atomic E-state index is 6.22. The lowest BCUT2D eigenvalue weighted by atomic mass is 9.76. The van der Waals surface area contributed by atoms with Crippen molar-refractivity contribution >= 4 is 0 Å². The largest absolute Gasteiger partial charge is 0.379 e. The fourth-order valence-corrected chi connectivity index (χ4v) is 4.03. The fraction of sp³-hybridized carbons (Fsp3) is 1.00. The van der Waals surface area contributed by atoms with Gasteiger partial charge in [0.15, 0.2) is 0 Å². The zero-order valence-electron chi connectivity index (χ0n) is 12.9. The first-order valence-electron chi connectivity index (χ1n) is 7.78. The van der Waals surface area contributed by atoms with Crippen molar-refractivity contribution in [2.45, 2.75) is 56.2 Å². The highest BCUT2D eigenvalue weighted by Crippen LogP contribution is 2.37. The van der Waals surface area contributed by atoms with Gasteiger partial charge in [-0.25, -0.2) is 0 Å². The summed E-state index contributed by atoms with van der Waals surface area (Å²) >= 11 is 0. The molecule has 4 nitrogen and oxygen atoms in total. The Bertz CT molecular complexity index is 285. The highest BCUT2D eigenvalue weighted by molar-refractivity contribution is 5.03. The summed E-state index contributed by atoms with van der Waals surface area (Å²) in [5.74, 6) is 0. The molecule has 0 radical (unpaired) electrons. The number of rotatable bonds is 4. The number of hydrogen-bond acceptors (Lipinski definition) is 4. The quantitative estimate of drug-likeness (QED) is 0.835. The SMILES string of the molecule is COC1CCCCC1(CN)N1CCCC(N(C)C)C1. The average Bonchev–Trinajstić information content (AvgIpc) is 2.47. The summed E-state index contributed by atoms with van der Waals surface area (Å²) in [5, 5.41) is 0. The number of ether oxygens (including phenoxy) is 1. The molecule has 4 heteroatoms. The molecule has 3 atom stereocenters. The summed E-state index contributed by atoms with van der Waals surface area (Å²) in [5.41, 5.74) is 6.31. The van der Waals surface area contributed by atoms with Gasteiger partial charge >= 0.3 is 0 Å². The monoisotopic (exact) mass is 269 g/mol. The number of methoxy groups -OCH3 is 1. The van der Waals surface area contributed by atoms with Crippen LogP contribution in [0.1, 0.15) is 38.5 Å². The molecule has 19 heavy (non-hydrogen) atoms. The first kappa shape index (κ1) is 15.2. The Morgan fingerprint density at radius 1 is 1.26 bits per heavy atom. The molecule has 1 aliphatic heterocycles. The third kappa shape index (κ3) is 2.97. The van der Waals surface area contributed by atoms with Gasteiger partial charge in [0.05, 0.1) is 11.6 Å². The van der Waals surface area contributed by atoms with Crippen molar-refractivity contribution in [3.8, 4) is 0 Å². The van der Waals surface area contributed by atoms with E-state index < -0.39 is 0 Å². The third-order valence-electron chi connectivity index (χ3n) is 5.32. The molecule has 0 spiro atoms. The Hall–Kier alpha value is -0.160. The molecule has 1 saturated heterocycles. The van der Waals surface area contributed by atoms with E-state index in [1.54, 1.807) is 0 Å². The Morgan fingerprint density at radius 3 is 2.68 bits per heavy atom. The smallest absolute Gasteiger partial charge is 0.0767 e. The zero-order valence-corrected chi connectivity index (χ0v) is 12.9. The van der Waals surface area contributed by atoms with Crippen molar-refractivity contribution in [3.63, 3.8) is 0 Å². The first-order valence-corrected chi connectivity index (χ1v) is 7.78. The molecular weight excluding hydrogens is 238 g/mol. The Balaban J connectivity index is 2.14. The molecule has 1 aliphatic carbocycles. The summed E-state index contributed by atoms with van der Waals surface area (Å²) in [6.07, 6.45) is 7.83. The van der Waals surface area contributed by atoms with E-state index in [0.29, 0.717) is 12.1 Å². The van der Waals surface area contributed by atoms with E-state index in [9.17, 15) is 0 Å². The van der Waals surface area contributed by atoms with Gasteiger partial charge < -0.3 is 15.4 Å². The second-order valence-electron chi connectivity index (χ2n) is 6.48. The van der Waals surface area contributed by atoms with Crippen molar-refractivity contribution < 1.29 is 4.74 Å². The van der Waals surface area contributed by atoms with Gasteiger partial charge in [0.25, 0.3) is 0 Å². The molecule has 3 unspecified atom stereocenters. The van der Waals surface area contributed by atoms with Gasteiger partial charge in [0.1, 0.15) is 0 Å². The normalized spacial score (nSPS) is 37.7. The molecular formula is C15H31N3O. The molecule has 2 N–H and O–H groups in total. The minimum Gasteiger partial charge on any atom is -0.379 e. The average molecular weight is 269 g/mol. The van der Waals surface area contributed by atoms with E-state index in [1.165, 1.54) is 38.6 Å². The van der Waals surface area contributed by atoms with Crippen LogP contribution in [0.25, 0.3) is 0 Å². The molecule has 112 valence electrons. The molecule has 0 aromatic carbocycles. The lowest BCUT2D eigenvalue weighted by Crippen LogP contribution is -2.66. The maximum atomic E-state index is 6.22. The summed E-state index contributed by atoms with van der Waals surface area (Å²) in [6, 6.07) is 0.664. The number of nitrogens with zero attached hydrogens (tertiary/aromatic N) is 2. The molecule has 1 saturated carbocycles. The van der Waals surface area contributed by atoms with Crippen molar-refractivity contribution in [1.29, 1.82) is 0 Å². The van der Waals surface area contributed by atoms with Crippen molar-refractivity contribution in [2.75, 3.05) is 40.8 Å². The molecule has 0 aromatic rings. The molecule has 2 fully saturated rings. The predicted molar refractivity (Wildman–Crippen MR) is 79.3 cm³/mol. The van der Waals surface area contributed by atoms with E-state index in [-0.39, 0.29) is 5.54 Å². The lowest BCUT2D eigenvalue weighted by Gasteiger charge is -2.53. The minimum atomic E-state index is 0.0850. The second kappa shape index (κ2) is 6.53. The van der Waals surface area contributed by atoms with Gasteiger partial charge in [0, 0.05) is 26.2 Å². The summed E-state index contributed by atoms with van der Waals surface area (Å²) in [7, 11) is 6.24. The fourth-order valence-electron chi connectivity index (χ4n) is 4.03. The van der Waals surface area contributed by atoms with Crippen LogP contribution in [-0.4, -0.2) is 68.3 Å². The first-order chi connectivity index (χ1) is 9.14. The number of piperidine rings is 1. The van der Waals surface area contributed by atoms with Crippen LogP contribution in [-0.2, 0) is 4.74 Å². The van der Waals surface area contributed by atoms with E-state index in [1.807, 2.05) is 7.11 Å². The van der Waals surface area contributed by atoms with Crippen molar-refractivity contribution in [1.82, 2.24) is 9.80 Å². The van der Waals surface area contributed by atoms with Crippen LogP contribution in [0.3, 0.4) is 0 Å². The van der Waals surface area contributed by atoms with Crippen LogP contribution in [0.4, 0.5) is 0 Å². The Kier molecular flexibility index (Phi) is 5.23. The van der Waals surface area contributed by atoms with Gasteiger partial charge in [0.2, 0.25) is 0 Å². The number of hydrogen-bond donors (Lipinski definition) is 1. The Morgan fingerprint density at radius 2 is 2.05 bits per heavy atom. The van der Waals surface area contributed by atoms with Gasteiger partial charge in [-0.3, -0.25) is 4.90 Å². The van der Waals surface area contributed by atoms with E-state index in [4.69, 9.17) is 10.5 Å². The highest BCUT2D eigenvalue weighted by atomic mass is 16.5. The van der Waals surface area contributed by atoms with Crippen molar-refractivity contribution in [2.24, 2.45) is 5.73 Å². The van der Waals surface area contributed by atoms with E-state index >= 15 is 0 Å². The van der Waals surface area contributed by atoms with Gasteiger partial charge in [-0.1, -0.05) is 12.8 Å². The second-order valence-corrected chi connectivity index (χ2v) is 6.48. The minimum absolute atomic E-state index is 0.0850. The number of likely N-dealkylation sites (tertiary alicyclic amines) is 1. The van der Waals surface area contributed by atoms with Crippen LogP contribution in [0.15, 0.2) is 0 Å². The molecule has 0 bridgehead atoms. The molecule has 2 rings (SSSR count). The maximum Gasteiger partial charge on any atom is 0.0767 e. The molecule has 0 amide bonds. The van der Waals surface area contributed by atoms with Gasteiger partial charge in [-0.2, -0.15) is 0 Å². The summed E-state index contributed by atoms with van der Waals surface area (Å²) in [4.78, 5) is 5.01. The molecule has 0 aromatic heterocycles. The molecule has 2 aliphatic rings.